The second kappa shape index (κ2) is 20.9. The molecule has 17 heteroatoms. The Morgan fingerprint density at radius 3 is 1.81 bits per heavy atom. The van der Waals surface area contributed by atoms with Crippen molar-refractivity contribution >= 4 is 29.5 Å². The maximum atomic E-state index is 12.6. The monoisotopic (exact) mass is 801 g/mol. The molecule has 17 nitrogen and oxygen atoms in total. The summed E-state index contributed by atoms with van der Waals surface area (Å²) in [6, 6.07) is 3.66. The first-order valence-corrected chi connectivity index (χ1v) is 20.2. The molecule has 3 aromatic heterocycles. The zero-order valence-corrected chi connectivity index (χ0v) is 36.6. The predicted octanol–water partition coefficient (Wildman–Crippen LogP) is 7.85. The van der Waals surface area contributed by atoms with Gasteiger partial charge in [0.05, 0.1) is 29.3 Å². The van der Waals surface area contributed by atoms with E-state index in [1.807, 2.05) is 88.3 Å². The number of likely N-dealkylation sites (tertiary alicyclic amines) is 2. The van der Waals surface area contributed by atoms with Gasteiger partial charge in [0, 0.05) is 52.0 Å². The standard InChI is InChI=1S/C17H25N5O2.C15H25N5O2.C8H18O3/c1-11-18-12(2)22-15(19-11)10-13(20-22)14-8-6-7-9-21(14)16(23)24-17(3,4)5;1-10(16)17-13-9-11(18-19-13)12-7-5-6-8-20(12)14(21)22-15(2,3)4;1-5-9-8(4,10-6-2)11-7-3/h10,14H,6-9H2,1-5H3;9,12H,5-8H2,1-4H3,(H3,16,17,18,19);5-7H2,1-4H3/t14-;12-;/m00./s1. The predicted molar refractivity (Wildman–Crippen MR) is 218 cm³/mol. The van der Waals surface area contributed by atoms with Crippen molar-refractivity contribution in [2.45, 2.75) is 158 Å². The van der Waals surface area contributed by atoms with Crippen molar-refractivity contribution in [3.63, 3.8) is 0 Å². The van der Waals surface area contributed by atoms with Crippen molar-refractivity contribution in [3.05, 3.63) is 35.2 Å². The normalized spacial score (nSPS) is 18.0. The van der Waals surface area contributed by atoms with E-state index >= 15 is 0 Å². The number of fused-ring (bicyclic) bond motifs is 1. The Kier molecular flexibility index (Phi) is 17.2. The third-order valence-electron chi connectivity index (χ3n) is 8.67. The topological polar surface area (TPSA) is 197 Å². The second-order valence-electron chi connectivity index (χ2n) is 16.1. The Hall–Kier alpha value is -4.35. The average Bonchev–Trinajstić information content (AvgIpc) is 3.75. The number of hydrogen-bond acceptors (Lipinski definition) is 12. The third kappa shape index (κ3) is 14.8. The summed E-state index contributed by atoms with van der Waals surface area (Å²) >= 11 is 0. The molecule has 0 bridgehead atoms. The highest BCUT2D eigenvalue weighted by atomic mass is 16.9. The molecule has 0 saturated carbocycles. The van der Waals surface area contributed by atoms with Gasteiger partial charge in [0.15, 0.2) is 11.5 Å². The molecule has 3 N–H and O–H groups in total. The molecule has 2 atom stereocenters. The highest BCUT2D eigenvalue weighted by molar-refractivity contribution is 5.80. The maximum absolute atomic E-state index is 12.6. The van der Waals surface area contributed by atoms with E-state index in [-0.39, 0.29) is 24.3 Å². The number of nitrogens with two attached hydrogens (primary N) is 1. The summed E-state index contributed by atoms with van der Waals surface area (Å²) in [5, 5.41) is 11.7. The third-order valence-corrected chi connectivity index (χ3v) is 8.67. The molecule has 2 amide bonds. The molecule has 5 rings (SSSR count). The molecule has 2 aliphatic heterocycles. The number of carbonyl (C=O) groups excluding carboxylic acids is 2. The van der Waals surface area contributed by atoms with Crippen LogP contribution in [0.15, 0.2) is 17.1 Å². The van der Waals surface area contributed by atoms with Gasteiger partial charge < -0.3 is 29.4 Å². The van der Waals surface area contributed by atoms with Crippen LogP contribution >= 0.6 is 0 Å². The Balaban J connectivity index is 0.000000245. The van der Waals surface area contributed by atoms with E-state index in [4.69, 9.17) is 29.4 Å². The number of ether oxygens (including phenoxy) is 5. The van der Waals surface area contributed by atoms with Gasteiger partial charge in [-0.05, 0) is 122 Å². The number of hydrogen-bond donors (Lipinski definition) is 2. The lowest BCUT2D eigenvalue weighted by Gasteiger charge is -2.36. The summed E-state index contributed by atoms with van der Waals surface area (Å²) in [5.74, 6) is 1.65. The number of amidine groups is 1. The first kappa shape index (κ1) is 47.0. The number of amides is 2. The molecule has 0 aromatic carbocycles. The number of nitrogens with zero attached hydrogens (tertiary/aromatic N) is 8. The summed E-state index contributed by atoms with van der Waals surface area (Å²) in [6.45, 7) is 27.4. The summed E-state index contributed by atoms with van der Waals surface area (Å²) in [7, 11) is 0. The van der Waals surface area contributed by atoms with Crippen LogP contribution in [0.4, 0.5) is 15.4 Å². The minimum absolute atomic E-state index is 0.0573. The van der Waals surface area contributed by atoms with Gasteiger partial charge in [-0.25, -0.2) is 29.1 Å². The lowest BCUT2D eigenvalue weighted by atomic mass is 10.00. The minimum atomic E-state index is -0.849. The molecule has 0 spiro atoms. The molecule has 2 aliphatic rings. The summed E-state index contributed by atoms with van der Waals surface area (Å²) in [6.07, 6.45) is 5.31. The van der Waals surface area contributed by atoms with Crippen LogP contribution < -0.4 is 5.73 Å². The van der Waals surface area contributed by atoms with Gasteiger partial charge in [0.25, 0.3) is 5.97 Å². The summed E-state index contributed by atoms with van der Waals surface area (Å²) in [4.78, 5) is 41.4. The largest absolute Gasteiger partial charge is 0.444 e. The van der Waals surface area contributed by atoms with E-state index in [0.717, 1.165) is 67.2 Å². The van der Waals surface area contributed by atoms with Gasteiger partial charge in [-0.1, -0.05) is 0 Å². The molecule has 3 aromatic rings. The fourth-order valence-corrected chi connectivity index (χ4v) is 6.56. The summed E-state index contributed by atoms with van der Waals surface area (Å²) < 4.78 is 28.6. The van der Waals surface area contributed by atoms with Gasteiger partial charge in [0.1, 0.15) is 22.9 Å². The lowest BCUT2D eigenvalue weighted by molar-refractivity contribution is -0.365. The van der Waals surface area contributed by atoms with Crippen LogP contribution in [0, 0.1) is 13.8 Å². The fourth-order valence-electron chi connectivity index (χ4n) is 6.56. The maximum Gasteiger partial charge on any atom is 0.410 e. The highest BCUT2D eigenvalue weighted by Gasteiger charge is 2.34. The molecule has 57 heavy (non-hydrogen) atoms. The Morgan fingerprint density at radius 1 is 0.807 bits per heavy atom. The van der Waals surface area contributed by atoms with E-state index in [1.54, 1.807) is 28.2 Å². The van der Waals surface area contributed by atoms with Crippen molar-refractivity contribution in [2.24, 2.45) is 10.7 Å². The molecule has 320 valence electrons. The molecular weight excluding hydrogens is 733 g/mol. The molecule has 5 heterocycles. The highest BCUT2D eigenvalue weighted by Crippen LogP contribution is 2.33. The van der Waals surface area contributed by atoms with E-state index in [1.165, 1.54) is 0 Å². The Morgan fingerprint density at radius 2 is 1.32 bits per heavy atom. The van der Waals surface area contributed by atoms with Crippen molar-refractivity contribution < 1.29 is 33.3 Å². The van der Waals surface area contributed by atoms with E-state index in [9.17, 15) is 9.59 Å². The van der Waals surface area contributed by atoms with E-state index in [0.29, 0.717) is 44.6 Å². The van der Waals surface area contributed by atoms with Crippen LogP contribution in [0.2, 0.25) is 0 Å². The van der Waals surface area contributed by atoms with Crippen molar-refractivity contribution in [1.82, 2.24) is 39.6 Å². The number of aromatic amines is 1. The fraction of sp³-hybridized carbons (Fsp3) is 0.725. The number of carbonyl (C=O) groups is 2. The first-order valence-electron chi connectivity index (χ1n) is 20.2. The molecule has 0 unspecified atom stereocenters. The number of H-pyrrole nitrogens is 1. The van der Waals surface area contributed by atoms with E-state index < -0.39 is 17.2 Å². The number of aryl methyl sites for hydroxylation is 2. The van der Waals surface area contributed by atoms with Gasteiger partial charge >= 0.3 is 12.2 Å². The SMILES string of the molecule is CC(N)=Nc1cc([C@@H]2CCCCN2C(=O)OC(C)(C)C)[nH]n1.CCOC(C)(OCC)OCC.Cc1nc(C)n2nc([C@@H]3CCCCN3C(=O)OC(C)(C)C)cc2n1. The van der Waals surface area contributed by atoms with Crippen LogP contribution in [0.3, 0.4) is 0 Å². The van der Waals surface area contributed by atoms with Crippen LogP contribution in [0.1, 0.15) is 150 Å². The quantitative estimate of drug-likeness (QED) is 0.121. The van der Waals surface area contributed by atoms with Gasteiger partial charge in [-0.2, -0.15) is 10.2 Å². The van der Waals surface area contributed by atoms with E-state index in [2.05, 4.69) is 30.3 Å². The van der Waals surface area contributed by atoms with Crippen molar-refractivity contribution in [3.8, 4) is 0 Å². The van der Waals surface area contributed by atoms with Crippen LogP contribution in [0.5, 0.6) is 0 Å². The number of nitrogens with one attached hydrogen (secondary N) is 1. The number of aliphatic imine (C=N–C) groups is 1. The number of piperidine rings is 2. The smallest absolute Gasteiger partial charge is 0.410 e. The minimum Gasteiger partial charge on any atom is -0.444 e. The Labute approximate surface area is 338 Å². The molecule has 2 fully saturated rings. The zero-order valence-electron chi connectivity index (χ0n) is 36.6. The first-order chi connectivity index (χ1) is 26.7. The summed E-state index contributed by atoms with van der Waals surface area (Å²) in [5.41, 5.74) is 7.05. The van der Waals surface area contributed by atoms with Crippen LogP contribution in [-0.4, -0.2) is 108 Å². The van der Waals surface area contributed by atoms with Crippen molar-refractivity contribution in [2.75, 3.05) is 32.9 Å². The zero-order chi connectivity index (χ0) is 42.6. The van der Waals surface area contributed by atoms with Crippen LogP contribution in [-0.2, 0) is 23.7 Å². The van der Waals surface area contributed by atoms with Crippen LogP contribution in [0.25, 0.3) is 5.65 Å². The molecule has 2 saturated heterocycles. The molecular formula is C40H68N10O7. The Bertz CT molecular complexity index is 1740. The van der Waals surface area contributed by atoms with Crippen molar-refractivity contribution in [1.29, 1.82) is 0 Å². The average molecular weight is 801 g/mol. The van der Waals surface area contributed by atoms with Gasteiger partial charge in [-0.15, -0.1) is 0 Å². The molecule has 0 aliphatic carbocycles. The lowest BCUT2D eigenvalue weighted by Crippen LogP contribution is -2.42. The van der Waals surface area contributed by atoms with Gasteiger partial charge in [-0.3, -0.25) is 14.9 Å². The second-order valence-corrected chi connectivity index (χ2v) is 16.1. The number of rotatable bonds is 9. The molecule has 0 radical (unpaired) electrons. The van der Waals surface area contributed by atoms with Gasteiger partial charge in [0.2, 0.25) is 0 Å². The number of aromatic nitrogens is 6.